The molecule has 11 heavy (non-hydrogen) atoms. The summed E-state index contributed by atoms with van der Waals surface area (Å²) in [6.07, 6.45) is 0. The monoisotopic (exact) mass is 217 g/mol. The van der Waals surface area contributed by atoms with Crippen molar-refractivity contribution in [3.63, 3.8) is 0 Å². The van der Waals surface area contributed by atoms with E-state index in [0.29, 0.717) is 11.8 Å². The van der Waals surface area contributed by atoms with Crippen LogP contribution in [0.1, 0.15) is 0 Å². The van der Waals surface area contributed by atoms with Crippen molar-refractivity contribution in [1.82, 2.24) is 4.98 Å². The molecule has 0 fully saturated rings. The van der Waals surface area contributed by atoms with E-state index >= 15 is 0 Å². The average molecular weight is 218 g/mol. The third kappa shape index (κ3) is 2.08. The zero-order valence-electron chi connectivity index (χ0n) is 6.30. The molecule has 0 atom stereocenters. The lowest BCUT2D eigenvalue weighted by molar-refractivity contribution is 0.364. The second-order valence-electron chi connectivity index (χ2n) is 1.87. The fourth-order valence-electron chi connectivity index (χ4n) is 0.660. The Morgan fingerprint density at radius 3 is 2.00 bits per heavy atom. The summed E-state index contributed by atoms with van der Waals surface area (Å²) in [5.41, 5.74) is 0. The van der Waals surface area contributed by atoms with Crippen molar-refractivity contribution < 1.29 is 9.47 Å². The quantitative estimate of drug-likeness (QED) is 0.759. The van der Waals surface area contributed by atoms with E-state index in [9.17, 15) is 0 Å². The van der Waals surface area contributed by atoms with Gasteiger partial charge in [0.2, 0.25) is 11.8 Å². The minimum atomic E-state index is 0.538. The highest BCUT2D eigenvalue weighted by Crippen LogP contribution is 2.21. The van der Waals surface area contributed by atoms with E-state index in [1.807, 2.05) is 0 Å². The van der Waals surface area contributed by atoms with Crippen molar-refractivity contribution in [2.75, 3.05) is 14.2 Å². The largest absolute Gasteiger partial charge is 0.481 e. The van der Waals surface area contributed by atoms with Gasteiger partial charge in [-0.15, -0.1) is 0 Å². The summed E-state index contributed by atoms with van der Waals surface area (Å²) < 4.78 is 10.7. The van der Waals surface area contributed by atoms with Crippen molar-refractivity contribution in [2.45, 2.75) is 0 Å². The molecular weight excluding hydrogens is 210 g/mol. The number of methoxy groups -OCH3 is 2. The third-order valence-corrected chi connectivity index (χ3v) is 1.62. The van der Waals surface area contributed by atoms with Crippen LogP contribution in [0.15, 0.2) is 16.6 Å². The number of pyridine rings is 1. The topological polar surface area (TPSA) is 31.4 Å². The van der Waals surface area contributed by atoms with E-state index < -0.39 is 0 Å². The van der Waals surface area contributed by atoms with Crippen molar-refractivity contribution in [2.24, 2.45) is 0 Å². The molecule has 0 aromatic carbocycles. The van der Waals surface area contributed by atoms with Crippen LogP contribution in [-0.4, -0.2) is 19.2 Å². The third-order valence-electron chi connectivity index (χ3n) is 1.16. The van der Waals surface area contributed by atoms with Gasteiger partial charge in [-0.3, -0.25) is 0 Å². The molecule has 0 saturated heterocycles. The lowest BCUT2D eigenvalue weighted by atomic mass is 10.5. The van der Waals surface area contributed by atoms with Gasteiger partial charge in [-0.25, -0.2) is 0 Å². The van der Waals surface area contributed by atoms with Gasteiger partial charge in [0.25, 0.3) is 0 Å². The fourth-order valence-corrected chi connectivity index (χ4v) is 1.05. The minimum absolute atomic E-state index is 0.538. The molecule has 0 aliphatic carbocycles. The molecule has 0 N–H and O–H groups in total. The molecule has 0 aliphatic heterocycles. The second-order valence-corrected chi connectivity index (χ2v) is 2.79. The second kappa shape index (κ2) is 3.57. The Labute approximate surface area is 73.5 Å². The Morgan fingerprint density at radius 1 is 1.18 bits per heavy atom. The molecule has 4 heteroatoms. The number of ether oxygens (including phenoxy) is 2. The van der Waals surface area contributed by atoms with Gasteiger partial charge in [0.15, 0.2) is 0 Å². The highest BCUT2D eigenvalue weighted by molar-refractivity contribution is 9.10. The summed E-state index contributed by atoms with van der Waals surface area (Å²) in [5.74, 6) is 1.08. The Bertz CT molecular complexity index is 230. The molecule has 0 bridgehead atoms. The van der Waals surface area contributed by atoms with Crippen molar-refractivity contribution >= 4 is 15.9 Å². The summed E-state index contributed by atoms with van der Waals surface area (Å²) in [5, 5.41) is 0. The Hall–Kier alpha value is -0.770. The zero-order valence-corrected chi connectivity index (χ0v) is 7.88. The zero-order chi connectivity index (χ0) is 8.27. The molecule has 0 amide bonds. The van der Waals surface area contributed by atoms with Gasteiger partial charge in [0.1, 0.15) is 0 Å². The first kappa shape index (κ1) is 8.33. The van der Waals surface area contributed by atoms with E-state index in [-0.39, 0.29) is 0 Å². The van der Waals surface area contributed by atoms with E-state index in [0.717, 1.165) is 4.47 Å². The van der Waals surface area contributed by atoms with Gasteiger partial charge >= 0.3 is 0 Å². The predicted octanol–water partition coefficient (Wildman–Crippen LogP) is 1.86. The molecule has 0 spiro atoms. The fraction of sp³-hybridized carbons (Fsp3) is 0.286. The molecule has 1 aromatic rings. The average Bonchev–Trinajstić information content (AvgIpc) is 2.03. The van der Waals surface area contributed by atoms with Crippen molar-refractivity contribution in [1.29, 1.82) is 0 Å². The maximum atomic E-state index is 4.92. The van der Waals surface area contributed by atoms with Gasteiger partial charge < -0.3 is 9.47 Å². The SMILES string of the molecule is COc1cc(Br)cc(OC)n1. The van der Waals surface area contributed by atoms with Crippen LogP contribution in [0, 0.1) is 0 Å². The minimum Gasteiger partial charge on any atom is -0.481 e. The Kier molecular flexibility index (Phi) is 2.70. The van der Waals surface area contributed by atoms with Crippen LogP contribution >= 0.6 is 15.9 Å². The highest BCUT2D eigenvalue weighted by Gasteiger charge is 1.99. The summed E-state index contributed by atoms with van der Waals surface area (Å²) in [7, 11) is 3.13. The summed E-state index contributed by atoms with van der Waals surface area (Å²) in [6, 6.07) is 3.53. The normalized spacial score (nSPS) is 9.36. The van der Waals surface area contributed by atoms with Crippen LogP contribution in [0.5, 0.6) is 11.8 Å². The maximum Gasteiger partial charge on any atom is 0.217 e. The van der Waals surface area contributed by atoms with E-state index in [4.69, 9.17) is 9.47 Å². The maximum absolute atomic E-state index is 4.92. The highest BCUT2D eigenvalue weighted by atomic mass is 79.9. The first-order chi connectivity index (χ1) is 5.26. The number of rotatable bonds is 2. The molecule has 1 rings (SSSR count). The van der Waals surface area contributed by atoms with Crippen LogP contribution in [0.2, 0.25) is 0 Å². The van der Waals surface area contributed by atoms with Crippen LogP contribution in [0.4, 0.5) is 0 Å². The summed E-state index contributed by atoms with van der Waals surface area (Å²) >= 11 is 3.29. The molecular formula is C7H8BrNO2. The Morgan fingerprint density at radius 2 is 1.64 bits per heavy atom. The van der Waals surface area contributed by atoms with E-state index in [1.165, 1.54) is 0 Å². The summed E-state index contributed by atoms with van der Waals surface area (Å²) in [4.78, 5) is 4.00. The Balaban J connectivity index is 3.02. The molecule has 1 heterocycles. The van der Waals surface area contributed by atoms with Gasteiger partial charge in [-0.2, -0.15) is 4.98 Å². The molecule has 3 nitrogen and oxygen atoms in total. The number of hydrogen-bond acceptors (Lipinski definition) is 3. The van der Waals surface area contributed by atoms with E-state index in [1.54, 1.807) is 26.4 Å². The standard InChI is InChI=1S/C7H8BrNO2/c1-10-6-3-5(8)4-7(9-6)11-2/h3-4H,1-2H3. The number of nitrogens with zero attached hydrogens (tertiary/aromatic N) is 1. The van der Waals surface area contributed by atoms with Crippen LogP contribution in [0.25, 0.3) is 0 Å². The lowest BCUT2D eigenvalue weighted by Crippen LogP contribution is -1.91. The van der Waals surface area contributed by atoms with Gasteiger partial charge in [-0.05, 0) is 0 Å². The van der Waals surface area contributed by atoms with Crippen LogP contribution in [0.3, 0.4) is 0 Å². The van der Waals surface area contributed by atoms with Crippen LogP contribution < -0.4 is 9.47 Å². The van der Waals surface area contributed by atoms with Crippen molar-refractivity contribution in [3.05, 3.63) is 16.6 Å². The van der Waals surface area contributed by atoms with Crippen molar-refractivity contribution in [3.8, 4) is 11.8 Å². The van der Waals surface area contributed by atoms with Gasteiger partial charge in [0.05, 0.1) is 14.2 Å². The van der Waals surface area contributed by atoms with Crippen LogP contribution in [-0.2, 0) is 0 Å². The molecule has 0 unspecified atom stereocenters. The first-order valence-electron chi connectivity index (χ1n) is 3.02. The molecule has 0 aliphatic rings. The van der Waals surface area contributed by atoms with E-state index in [2.05, 4.69) is 20.9 Å². The first-order valence-corrected chi connectivity index (χ1v) is 3.81. The molecule has 60 valence electrons. The smallest absolute Gasteiger partial charge is 0.217 e. The lowest BCUT2D eigenvalue weighted by Gasteiger charge is -2.02. The number of hydrogen-bond donors (Lipinski definition) is 0. The molecule has 1 aromatic heterocycles. The molecule has 0 radical (unpaired) electrons. The van der Waals surface area contributed by atoms with Gasteiger partial charge in [0, 0.05) is 16.6 Å². The number of aromatic nitrogens is 1. The molecule has 0 saturated carbocycles. The summed E-state index contributed by atoms with van der Waals surface area (Å²) in [6.45, 7) is 0. The van der Waals surface area contributed by atoms with Gasteiger partial charge in [-0.1, -0.05) is 15.9 Å². The predicted molar refractivity (Wildman–Crippen MR) is 45.0 cm³/mol. The number of halogens is 1.